The van der Waals surface area contributed by atoms with Crippen LogP contribution in [0.4, 0.5) is 5.82 Å². The molecule has 0 atom stereocenters. The molecule has 1 aromatic heterocycles. The molecule has 1 saturated heterocycles. The van der Waals surface area contributed by atoms with E-state index in [1.807, 2.05) is 6.07 Å². The molecule has 2 rings (SSSR count). The summed E-state index contributed by atoms with van der Waals surface area (Å²) in [6, 6.07) is 5.76. The van der Waals surface area contributed by atoms with Gasteiger partial charge in [0.2, 0.25) is 0 Å². The summed E-state index contributed by atoms with van der Waals surface area (Å²) in [5, 5.41) is 8.66. The van der Waals surface area contributed by atoms with Crippen molar-refractivity contribution in [3.05, 3.63) is 23.9 Å². The molecule has 4 heteroatoms. The van der Waals surface area contributed by atoms with Crippen LogP contribution in [0.5, 0.6) is 0 Å². The SMILES string of the molecule is N#Cc1ccc(N2CCCOCC2)nc1. The Labute approximate surface area is 89.1 Å². The van der Waals surface area contributed by atoms with Gasteiger partial charge in [-0.15, -0.1) is 0 Å². The highest BCUT2D eigenvalue weighted by molar-refractivity contribution is 5.41. The molecule has 0 spiro atoms. The Hall–Kier alpha value is -1.60. The van der Waals surface area contributed by atoms with Crippen LogP contribution in [0.25, 0.3) is 0 Å². The molecule has 1 aliphatic heterocycles. The number of nitrogens with zero attached hydrogens (tertiary/aromatic N) is 3. The molecule has 0 N–H and O–H groups in total. The molecule has 0 saturated carbocycles. The number of anilines is 1. The van der Waals surface area contributed by atoms with Crippen molar-refractivity contribution in [2.75, 3.05) is 31.2 Å². The minimum Gasteiger partial charge on any atom is -0.380 e. The summed E-state index contributed by atoms with van der Waals surface area (Å²) in [5.41, 5.74) is 0.602. The van der Waals surface area contributed by atoms with Crippen LogP contribution in [0.15, 0.2) is 18.3 Å². The Morgan fingerprint density at radius 3 is 3.00 bits per heavy atom. The molecule has 78 valence electrons. The first-order valence-corrected chi connectivity index (χ1v) is 5.09. The summed E-state index contributed by atoms with van der Waals surface area (Å²) in [4.78, 5) is 6.45. The molecule has 0 aliphatic carbocycles. The van der Waals surface area contributed by atoms with Crippen molar-refractivity contribution in [3.63, 3.8) is 0 Å². The average molecular weight is 203 g/mol. The van der Waals surface area contributed by atoms with E-state index in [0.717, 1.165) is 38.5 Å². The third-order valence-electron chi connectivity index (χ3n) is 2.42. The summed E-state index contributed by atoms with van der Waals surface area (Å²) in [5.74, 6) is 0.930. The molecule has 0 radical (unpaired) electrons. The second-order valence-electron chi connectivity index (χ2n) is 3.47. The van der Waals surface area contributed by atoms with E-state index in [4.69, 9.17) is 10.00 Å². The van der Waals surface area contributed by atoms with Crippen LogP contribution in [-0.2, 0) is 4.74 Å². The molecule has 1 fully saturated rings. The van der Waals surface area contributed by atoms with Gasteiger partial charge in [-0.1, -0.05) is 0 Å². The molecule has 4 nitrogen and oxygen atoms in total. The van der Waals surface area contributed by atoms with E-state index in [2.05, 4.69) is 16.0 Å². The van der Waals surface area contributed by atoms with E-state index in [1.165, 1.54) is 0 Å². The van der Waals surface area contributed by atoms with Crippen molar-refractivity contribution < 1.29 is 4.74 Å². The summed E-state index contributed by atoms with van der Waals surface area (Å²) in [6.45, 7) is 3.42. The molecule has 1 aliphatic rings. The van der Waals surface area contributed by atoms with Gasteiger partial charge in [-0.2, -0.15) is 5.26 Å². The third-order valence-corrected chi connectivity index (χ3v) is 2.42. The average Bonchev–Trinajstić information content (AvgIpc) is 2.58. The fourth-order valence-electron chi connectivity index (χ4n) is 1.61. The zero-order valence-electron chi connectivity index (χ0n) is 8.52. The highest BCUT2D eigenvalue weighted by Gasteiger charge is 2.10. The molecule has 2 heterocycles. The molecule has 1 aromatic rings. The second-order valence-corrected chi connectivity index (χ2v) is 3.47. The van der Waals surface area contributed by atoms with Gasteiger partial charge in [0.25, 0.3) is 0 Å². The molecular formula is C11H13N3O. The van der Waals surface area contributed by atoms with Gasteiger partial charge >= 0.3 is 0 Å². The van der Waals surface area contributed by atoms with Crippen LogP contribution in [-0.4, -0.2) is 31.3 Å². The Morgan fingerprint density at radius 1 is 1.33 bits per heavy atom. The standard InChI is InChI=1S/C11H13N3O/c12-8-10-2-3-11(13-9-10)14-4-1-6-15-7-5-14/h2-3,9H,1,4-7H2. The van der Waals surface area contributed by atoms with Gasteiger partial charge in [0.05, 0.1) is 12.2 Å². The summed E-state index contributed by atoms with van der Waals surface area (Å²) < 4.78 is 5.37. The predicted octanol–water partition coefficient (Wildman–Crippen LogP) is 1.18. The first kappa shape index (κ1) is 9.94. The van der Waals surface area contributed by atoms with Crippen LogP contribution >= 0.6 is 0 Å². The van der Waals surface area contributed by atoms with Gasteiger partial charge in [0, 0.05) is 25.9 Å². The zero-order chi connectivity index (χ0) is 10.5. The highest BCUT2D eigenvalue weighted by Crippen LogP contribution is 2.12. The quantitative estimate of drug-likeness (QED) is 0.687. The van der Waals surface area contributed by atoms with E-state index in [1.54, 1.807) is 12.3 Å². The maximum absolute atomic E-state index is 8.66. The lowest BCUT2D eigenvalue weighted by Gasteiger charge is -2.20. The minimum atomic E-state index is 0.602. The fraction of sp³-hybridized carbons (Fsp3) is 0.455. The van der Waals surface area contributed by atoms with Crippen LogP contribution in [0.2, 0.25) is 0 Å². The normalized spacial score (nSPS) is 16.9. The summed E-state index contributed by atoms with van der Waals surface area (Å²) in [7, 11) is 0. The van der Waals surface area contributed by atoms with E-state index in [0.29, 0.717) is 5.56 Å². The molecule has 0 unspecified atom stereocenters. The molecule has 0 bridgehead atoms. The maximum atomic E-state index is 8.66. The molecule has 15 heavy (non-hydrogen) atoms. The number of aromatic nitrogens is 1. The van der Waals surface area contributed by atoms with Crippen molar-refractivity contribution in [1.29, 1.82) is 5.26 Å². The van der Waals surface area contributed by atoms with Gasteiger partial charge in [-0.3, -0.25) is 0 Å². The maximum Gasteiger partial charge on any atom is 0.128 e. The fourth-order valence-corrected chi connectivity index (χ4v) is 1.61. The van der Waals surface area contributed by atoms with Crippen molar-refractivity contribution in [2.45, 2.75) is 6.42 Å². The van der Waals surface area contributed by atoms with E-state index >= 15 is 0 Å². The highest BCUT2D eigenvalue weighted by atomic mass is 16.5. The van der Waals surface area contributed by atoms with Gasteiger partial charge in [0.1, 0.15) is 11.9 Å². The molecular weight excluding hydrogens is 190 g/mol. The lowest BCUT2D eigenvalue weighted by molar-refractivity contribution is 0.152. The van der Waals surface area contributed by atoms with E-state index < -0.39 is 0 Å². The monoisotopic (exact) mass is 203 g/mol. The Morgan fingerprint density at radius 2 is 2.27 bits per heavy atom. The topological polar surface area (TPSA) is 49.2 Å². The van der Waals surface area contributed by atoms with Crippen molar-refractivity contribution in [1.82, 2.24) is 4.98 Å². The van der Waals surface area contributed by atoms with E-state index in [9.17, 15) is 0 Å². The first-order chi connectivity index (χ1) is 7.40. The Balaban J connectivity index is 2.10. The predicted molar refractivity (Wildman–Crippen MR) is 56.6 cm³/mol. The lowest BCUT2D eigenvalue weighted by Crippen LogP contribution is -2.26. The summed E-state index contributed by atoms with van der Waals surface area (Å²) >= 11 is 0. The number of pyridine rings is 1. The smallest absolute Gasteiger partial charge is 0.128 e. The Bertz CT molecular complexity index is 347. The number of rotatable bonds is 1. The molecule has 0 amide bonds. The van der Waals surface area contributed by atoms with Crippen molar-refractivity contribution in [3.8, 4) is 6.07 Å². The largest absolute Gasteiger partial charge is 0.380 e. The second kappa shape index (κ2) is 4.76. The third kappa shape index (κ3) is 2.45. The number of nitriles is 1. The summed E-state index contributed by atoms with van der Waals surface area (Å²) in [6.07, 6.45) is 2.64. The molecule has 0 aromatic carbocycles. The number of hydrogen-bond donors (Lipinski definition) is 0. The minimum absolute atomic E-state index is 0.602. The van der Waals surface area contributed by atoms with Gasteiger partial charge in [0.15, 0.2) is 0 Å². The van der Waals surface area contributed by atoms with E-state index in [-0.39, 0.29) is 0 Å². The van der Waals surface area contributed by atoms with Crippen LogP contribution in [0.3, 0.4) is 0 Å². The Kier molecular flexibility index (Phi) is 3.15. The number of hydrogen-bond acceptors (Lipinski definition) is 4. The van der Waals surface area contributed by atoms with Crippen molar-refractivity contribution >= 4 is 5.82 Å². The van der Waals surface area contributed by atoms with Gasteiger partial charge < -0.3 is 9.64 Å². The first-order valence-electron chi connectivity index (χ1n) is 5.09. The van der Waals surface area contributed by atoms with Crippen LogP contribution < -0.4 is 4.90 Å². The van der Waals surface area contributed by atoms with Crippen LogP contribution in [0.1, 0.15) is 12.0 Å². The zero-order valence-corrected chi connectivity index (χ0v) is 8.52. The van der Waals surface area contributed by atoms with Crippen molar-refractivity contribution in [2.24, 2.45) is 0 Å². The number of ether oxygens (including phenoxy) is 1. The lowest BCUT2D eigenvalue weighted by atomic mass is 10.3. The van der Waals surface area contributed by atoms with Crippen LogP contribution in [0, 0.1) is 11.3 Å². The van der Waals surface area contributed by atoms with Gasteiger partial charge in [-0.05, 0) is 18.6 Å². The van der Waals surface area contributed by atoms with Gasteiger partial charge in [-0.25, -0.2) is 4.98 Å².